The molecule has 0 saturated carbocycles. The van der Waals surface area contributed by atoms with Gasteiger partial charge in [-0.1, -0.05) is 13.3 Å². The van der Waals surface area contributed by atoms with E-state index in [1.165, 1.54) is 12.8 Å². The van der Waals surface area contributed by atoms with Crippen molar-refractivity contribution in [2.24, 2.45) is 0 Å². The summed E-state index contributed by atoms with van der Waals surface area (Å²) < 4.78 is 0. The number of hydrogen-bond acceptors (Lipinski definition) is 2. The van der Waals surface area contributed by atoms with Crippen LogP contribution in [0.15, 0.2) is 0 Å². The average Bonchev–Trinajstić information content (AvgIpc) is 1.94. The molecule has 0 aromatic carbocycles. The van der Waals surface area contributed by atoms with Gasteiger partial charge in [0, 0.05) is 24.7 Å². The Morgan fingerprint density at radius 3 is 2.67 bits per heavy atom. The van der Waals surface area contributed by atoms with Crippen molar-refractivity contribution in [1.82, 2.24) is 10.2 Å². The molecule has 1 heterocycles. The SMILES string of the molecule is CCCC1CNC(C)(C)CN1C. The van der Waals surface area contributed by atoms with E-state index in [-0.39, 0.29) is 0 Å². The number of rotatable bonds is 2. The van der Waals surface area contributed by atoms with E-state index in [0.717, 1.165) is 19.1 Å². The molecule has 0 aliphatic carbocycles. The van der Waals surface area contributed by atoms with Crippen molar-refractivity contribution in [3.05, 3.63) is 0 Å². The number of piperazine rings is 1. The number of nitrogens with zero attached hydrogens (tertiary/aromatic N) is 1. The van der Waals surface area contributed by atoms with Crippen LogP contribution in [0.5, 0.6) is 0 Å². The molecule has 0 aromatic heterocycles. The normalized spacial score (nSPS) is 30.5. The van der Waals surface area contributed by atoms with Crippen molar-refractivity contribution >= 4 is 0 Å². The first-order valence-corrected chi connectivity index (χ1v) is 5.00. The number of nitrogens with one attached hydrogen (secondary N) is 1. The van der Waals surface area contributed by atoms with E-state index in [2.05, 4.69) is 38.0 Å². The van der Waals surface area contributed by atoms with Crippen LogP contribution < -0.4 is 5.32 Å². The minimum atomic E-state index is 0.305. The van der Waals surface area contributed by atoms with Crippen LogP contribution in [0.1, 0.15) is 33.6 Å². The molecular formula is C10H22N2. The van der Waals surface area contributed by atoms with Crippen LogP contribution in [-0.2, 0) is 0 Å². The van der Waals surface area contributed by atoms with Gasteiger partial charge in [0.05, 0.1) is 0 Å². The predicted molar refractivity (Wildman–Crippen MR) is 53.4 cm³/mol. The zero-order valence-corrected chi connectivity index (χ0v) is 8.85. The summed E-state index contributed by atoms with van der Waals surface area (Å²) in [5.74, 6) is 0. The van der Waals surface area contributed by atoms with E-state index in [1.807, 2.05) is 0 Å². The van der Waals surface area contributed by atoms with Gasteiger partial charge in [-0.25, -0.2) is 0 Å². The Bertz CT molecular complexity index is 143. The van der Waals surface area contributed by atoms with Gasteiger partial charge in [0.25, 0.3) is 0 Å². The lowest BCUT2D eigenvalue weighted by molar-refractivity contribution is 0.116. The Labute approximate surface area is 76.3 Å². The van der Waals surface area contributed by atoms with Crippen molar-refractivity contribution in [3.8, 4) is 0 Å². The fourth-order valence-corrected chi connectivity index (χ4v) is 2.01. The molecule has 0 radical (unpaired) electrons. The maximum atomic E-state index is 3.58. The summed E-state index contributed by atoms with van der Waals surface area (Å²) in [5, 5.41) is 3.58. The first-order chi connectivity index (χ1) is 5.55. The Kier molecular flexibility index (Phi) is 3.13. The predicted octanol–water partition coefficient (Wildman–Crippen LogP) is 1.47. The molecule has 1 N–H and O–H groups in total. The molecule has 2 nitrogen and oxygen atoms in total. The second-order valence-corrected chi connectivity index (χ2v) is 4.62. The monoisotopic (exact) mass is 170 g/mol. The molecule has 1 fully saturated rings. The molecule has 1 aliphatic rings. The summed E-state index contributed by atoms with van der Waals surface area (Å²) in [7, 11) is 2.24. The van der Waals surface area contributed by atoms with Crippen LogP contribution in [0, 0.1) is 0 Å². The highest BCUT2D eigenvalue weighted by Crippen LogP contribution is 2.15. The first-order valence-electron chi connectivity index (χ1n) is 5.00. The molecule has 0 bridgehead atoms. The highest BCUT2D eigenvalue weighted by atomic mass is 15.2. The summed E-state index contributed by atoms with van der Waals surface area (Å²) in [6, 6.07) is 0.753. The van der Waals surface area contributed by atoms with Crippen LogP contribution in [0.4, 0.5) is 0 Å². The topological polar surface area (TPSA) is 15.3 Å². The molecule has 0 aromatic rings. The van der Waals surface area contributed by atoms with Gasteiger partial charge in [0.2, 0.25) is 0 Å². The Morgan fingerprint density at radius 1 is 1.50 bits per heavy atom. The van der Waals surface area contributed by atoms with E-state index < -0.39 is 0 Å². The largest absolute Gasteiger partial charge is 0.309 e. The van der Waals surface area contributed by atoms with Gasteiger partial charge in [-0.3, -0.25) is 0 Å². The summed E-state index contributed by atoms with van der Waals surface area (Å²) in [6.45, 7) is 9.11. The summed E-state index contributed by atoms with van der Waals surface area (Å²) in [5.41, 5.74) is 0.305. The average molecular weight is 170 g/mol. The van der Waals surface area contributed by atoms with E-state index >= 15 is 0 Å². The van der Waals surface area contributed by atoms with Gasteiger partial charge in [-0.2, -0.15) is 0 Å². The summed E-state index contributed by atoms with van der Waals surface area (Å²) in [6.07, 6.45) is 2.61. The van der Waals surface area contributed by atoms with Gasteiger partial charge < -0.3 is 10.2 Å². The maximum absolute atomic E-state index is 3.58. The summed E-state index contributed by atoms with van der Waals surface area (Å²) in [4.78, 5) is 2.49. The second-order valence-electron chi connectivity index (χ2n) is 4.62. The smallest absolute Gasteiger partial charge is 0.0252 e. The van der Waals surface area contributed by atoms with Gasteiger partial charge in [0.1, 0.15) is 0 Å². The standard InChI is InChI=1S/C10H22N2/c1-5-6-9-7-11-10(2,3)8-12(9)4/h9,11H,5-8H2,1-4H3. The van der Waals surface area contributed by atoms with Crippen molar-refractivity contribution < 1.29 is 0 Å². The molecule has 1 aliphatic heterocycles. The lowest BCUT2D eigenvalue weighted by Gasteiger charge is -2.42. The van der Waals surface area contributed by atoms with E-state index in [1.54, 1.807) is 0 Å². The zero-order valence-electron chi connectivity index (χ0n) is 8.85. The highest BCUT2D eigenvalue weighted by Gasteiger charge is 2.29. The van der Waals surface area contributed by atoms with Crippen LogP contribution in [-0.4, -0.2) is 36.6 Å². The summed E-state index contributed by atoms with van der Waals surface area (Å²) >= 11 is 0. The van der Waals surface area contributed by atoms with Crippen molar-refractivity contribution in [1.29, 1.82) is 0 Å². The van der Waals surface area contributed by atoms with Crippen LogP contribution in [0.3, 0.4) is 0 Å². The van der Waals surface area contributed by atoms with Gasteiger partial charge in [0.15, 0.2) is 0 Å². The van der Waals surface area contributed by atoms with Gasteiger partial charge in [-0.05, 0) is 27.3 Å². The maximum Gasteiger partial charge on any atom is 0.0252 e. The van der Waals surface area contributed by atoms with Gasteiger partial charge in [-0.15, -0.1) is 0 Å². The molecule has 72 valence electrons. The molecule has 0 spiro atoms. The van der Waals surface area contributed by atoms with Crippen molar-refractivity contribution in [2.75, 3.05) is 20.1 Å². The molecule has 12 heavy (non-hydrogen) atoms. The van der Waals surface area contributed by atoms with E-state index in [4.69, 9.17) is 0 Å². The third-order valence-electron chi connectivity index (χ3n) is 2.71. The molecule has 0 amide bonds. The Balaban J connectivity index is 2.42. The second kappa shape index (κ2) is 3.75. The van der Waals surface area contributed by atoms with Crippen LogP contribution in [0.2, 0.25) is 0 Å². The molecule has 1 rings (SSSR count). The third kappa shape index (κ3) is 2.46. The molecule has 2 heteroatoms. The zero-order chi connectivity index (χ0) is 9.19. The highest BCUT2D eigenvalue weighted by molar-refractivity contribution is 4.90. The van der Waals surface area contributed by atoms with E-state index in [0.29, 0.717) is 5.54 Å². The molecule has 1 atom stereocenters. The Hall–Kier alpha value is -0.0800. The fourth-order valence-electron chi connectivity index (χ4n) is 2.01. The lowest BCUT2D eigenvalue weighted by atomic mass is 9.97. The lowest BCUT2D eigenvalue weighted by Crippen LogP contribution is -2.60. The first kappa shape index (κ1) is 10.0. The van der Waals surface area contributed by atoms with Crippen molar-refractivity contribution in [2.45, 2.75) is 45.2 Å². The Morgan fingerprint density at radius 2 is 2.17 bits per heavy atom. The number of hydrogen-bond donors (Lipinski definition) is 1. The molecule has 1 saturated heterocycles. The van der Waals surface area contributed by atoms with Crippen molar-refractivity contribution in [3.63, 3.8) is 0 Å². The third-order valence-corrected chi connectivity index (χ3v) is 2.71. The minimum absolute atomic E-state index is 0.305. The number of likely N-dealkylation sites (N-methyl/N-ethyl adjacent to an activating group) is 1. The quantitative estimate of drug-likeness (QED) is 0.675. The van der Waals surface area contributed by atoms with Crippen LogP contribution >= 0.6 is 0 Å². The molecular weight excluding hydrogens is 148 g/mol. The fraction of sp³-hybridized carbons (Fsp3) is 1.00. The van der Waals surface area contributed by atoms with Gasteiger partial charge >= 0.3 is 0 Å². The van der Waals surface area contributed by atoms with E-state index in [9.17, 15) is 0 Å². The van der Waals surface area contributed by atoms with Crippen LogP contribution in [0.25, 0.3) is 0 Å². The minimum Gasteiger partial charge on any atom is -0.309 e. The molecule has 1 unspecified atom stereocenters.